The number of hydrogen-bond donors (Lipinski definition) is 8. The topological polar surface area (TPSA) is 245 Å². The van der Waals surface area contributed by atoms with Crippen LogP contribution in [0, 0.1) is 0 Å². The average Bonchev–Trinajstić information content (AvgIpc) is 2.59. The molecule has 0 saturated carbocycles. The van der Waals surface area contributed by atoms with Crippen molar-refractivity contribution in [1.29, 1.82) is 0 Å². The number of rotatable bonds is 13. The Labute approximate surface area is 164 Å². The van der Waals surface area contributed by atoms with E-state index in [2.05, 4.69) is 5.32 Å². The molecule has 0 aliphatic carbocycles. The first-order chi connectivity index (χ1) is 13.3. The highest BCUT2D eigenvalue weighted by Gasteiger charge is 2.31. The van der Waals surface area contributed by atoms with E-state index < -0.39 is 85.7 Å². The van der Waals surface area contributed by atoms with Crippen LogP contribution in [0.4, 0.5) is 0 Å². The summed E-state index contributed by atoms with van der Waals surface area (Å²) in [5, 5.41) is 41.9. The number of amides is 3. The van der Waals surface area contributed by atoms with Crippen molar-refractivity contribution in [3.8, 4) is 0 Å². The van der Waals surface area contributed by atoms with Gasteiger partial charge in [0.05, 0.1) is 18.6 Å². The molecule has 0 aromatic carbocycles. The first kappa shape index (κ1) is 25.7. The Morgan fingerprint density at radius 2 is 1.45 bits per heavy atom. The molecule has 0 heterocycles. The monoisotopic (exact) mass is 420 g/mol. The van der Waals surface area contributed by atoms with Crippen LogP contribution in [-0.4, -0.2) is 86.8 Å². The maximum Gasteiger partial charge on any atom is 0.322 e. The molecule has 9 N–H and O–H groups in total. The fourth-order valence-electron chi connectivity index (χ4n) is 2.03. The van der Waals surface area contributed by atoms with Crippen LogP contribution in [0.2, 0.25) is 0 Å². The molecule has 0 aliphatic heterocycles. The van der Waals surface area contributed by atoms with Crippen LogP contribution in [-0.2, 0) is 28.8 Å². The highest BCUT2D eigenvalue weighted by atomic mass is 16.4. The summed E-state index contributed by atoms with van der Waals surface area (Å²) in [7, 11) is 0. The van der Waals surface area contributed by atoms with E-state index in [-0.39, 0.29) is 0 Å². The summed E-state index contributed by atoms with van der Waals surface area (Å²) in [4.78, 5) is 68.2. The van der Waals surface area contributed by atoms with E-state index in [1.54, 1.807) is 0 Å². The van der Waals surface area contributed by atoms with Gasteiger partial charge in [-0.05, 0) is 13.3 Å². The van der Waals surface area contributed by atoms with Gasteiger partial charge in [0.1, 0.15) is 18.6 Å². The lowest BCUT2D eigenvalue weighted by atomic mass is 10.1. The maximum atomic E-state index is 12.4. The number of carboxylic acid groups (broad SMARTS) is 3. The van der Waals surface area contributed by atoms with Crippen molar-refractivity contribution in [2.24, 2.45) is 5.73 Å². The number of aliphatic carboxylic acids is 3. The molecule has 0 bridgehead atoms. The van der Waals surface area contributed by atoms with Crippen molar-refractivity contribution in [3.63, 3.8) is 0 Å². The molecule has 4 atom stereocenters. The molecule has 0 radical (unpaired) electrons. The minimum Gasteiger partial charge on any atom is -0.481 e. The Morgan fingerprint density at radius 1 is 0.862 bits per heavy atom. The van der Waals surface area contributed by atoms with Crippen molar-refractivity contribution in [2.75, 3.05) is 6.54 Å². The number of hydrogen-bond acceptors (Lipinski definition) is 8. The van der Waals surface area contributed by atoms with Crippen molar-refractivity contribution in [3.05, 3.63) is 0 Å². The molecule has 164 valence electrons. The SMILES string of the molecule is CC(O)C(NC(=O)C(N)CC(=O)O)C(=O)NC(CCC(=O)O)C(=O)NCC(=O)O. The fourth-order valence-corrected chi connectivity index (χ4v) is 2.03. The van der Waals surface area contributed by atoms with Gasteiger partial charge in [0.15, 0.2) is 0 Å². The molecule has 0 fully saturated rings. The van der Waals surface area contributed by atoms with Crippen LogP contribution >= 0.6 is 0 Å². The van der Waals surface area contributed by atoms with Gasteiger partial charge >= 0.3 is 17.9 Å². The summed E-state index contributed by atoms with van der Waals surface area (Å²) in [6.45, 7) is 0.350. The van der Waals surface area contributed by atoms with Crippen molar-refractivity contribution in [2.45, 2.75) is 50.4 Å². The summed E-state index contributed by atoms with van der Waals surface area (Å²) in [5.74, 6) is -7.14. The van der Waals surface area contributed by atoms with Crippen LogP contribution < -0.4 is 21.7 Å². The average molecular weight is 420 g/mol. The molecule has 0 saturated heterocycles. The minimum absolute atomic E-state index is 0.397. The van der Waals surface area contributed by atoms with E-state index in [4.69, 9.17) is 21.1 Å². The molecule has 14 heteroatoms. The number of aliphatic hydroxyl groups is 1. The Balaban J connectivity index is 5.22. The van der Waals surface area contributed by atoms with Gasteiger partial charge in [0.25, 0.3) is 0 Å². The second kappa shape index (κ2) is 12.2. The normalized spacial score (nSPS) is 14.6. The highest BCUT2D eigenvalue weighted by Crippen LogP contribution is 2.02. The summed E-state index contributed by atoms with van der Waals surface area (Å²) >= 11 is 0. The van der Waals surface area contributed by atoms with Gasteiger partial charge in [-0.3, -0.25) is 28.8 Å². The van der Waals surface area contributed by atoms with Crippen LogP contribution in [0.25, 0.3) is 0 Å². The van der Waals surface area contributed by atoms with Gasteiger partial charge < -0.3 is 42.1 Å². The lowest BCUT2D eigenvalue weighted by molar-refractivity contribution is -0.141. The Bertz CT molecular complexity index is 651. The van der Waals surface area contributed by atoms with Crippen LogP contribution in [0.3, 0.4) is 0 Å². The van der Waals surface area contributed by atoms with Crippen LogP contribution in [0.15, 0.2) is 0 Å². The summed E-state index contributed by atoms with van der Waals surface area (Å²) in [6, 6.07) is -4.62. The Kier molecular flexibility index (Phi) is 10.9. The standard InChI is InChI=1S/C15H24N4O10/c1-6(20)12(19-13(27)7(16)4-10(23)24)15(29)18-8(2-3-9(21)22)14(28)17-5-11(25)26/h6-8,12,20H,2-5,16H2,1H3,(H,17,28)(H,18,29)(H,19,27)(H,21,22)(H,23,24)(H,25,26). The lowest BCUT2D eigenvalue weighted by Crippen LogP contribution is -2.59. The second-order valence-corrected chi connectivity index (χ2v) is 6.04. The minimum atomic E-state index is -1.64. The number of carboxylic acids is 3. The van der Waals surface area contributed by atoms with Gasteiger partial charge in [0, 0.05) is 6.42 Å². The van der Waals surface area contributed by atoms with E-state index >= 15 is 0 Å². The molecule has 0 spiro atoms. The Hall–Kier alpha value is -3.26. The van der Waals surface area contributed by atoms with Gasteiger partial charge in [-0.25, -0.2) is 0 Å². The third kappa shape index (κ3) is 10.6. The summed E-state index contributed by atoms with van der Waals surface area (Å²) < 4.78 is 0. The largest absolute Gasteiger partial charge is 0.481 e. The molecular formula is C15H24N4O10. The molecule has 0 aliphatic rings. The smallest absolute Gasteiger partial charge is 0.322 e. The Morgan fingerprint density at radius 3 is 1.90 bits per heavy atom. The van der Waals surface area contributed by atoms with Crippen molar-refractivity contribution >= 4 is 35.6 Å². The van der Waals surface area contributed by atoms with E-state index in [1.807, 2.05) is 10.6 Å². The third-order valence-electron chi connectivity index (χ3n) is 3.49. The zero-order chi connectivity index (χ0) is 22.7. The first-order valence-corrected chi connectivity index (χ1v) is 8.32. The first-order valence-electron chi connectivity index (χ1n) is 8.32. The summed E-state index contributed by atoms with van der Waals surface area (Å²) in [5.41, 5.74) is 5.37. The van der Waals surface area contributed by atoms with E-state index in [1.165, 1.54) is 0 Å². The second-order valence-electron chi connectivity index (χ2n) is 6.04. The number of carbonyl (C=O) groups is 6. The lowest BCUT2D eigenvalue weighted by Gasteiger charge is -2.25. The van der Waals surface area contributed by atoms with E-state index in [9.17, 15) is 33.9 Å². The van der Waals surface area contributed by atoms with Gasteiger partial charge in [-0.15, -0.1) is 0 Å². The molecular weight excluding hydrogens is 396 g/mol. The predicted octanol–water partition coefficient (Wildman–Crippen LogP) is -3.80. The van der Waals surface area contributed by atoms with Gasteiger partial charge in [-0.1, -0.05) is 0 Å². The molecule has 4 unspecified atom stereocenters. The molecule has 3 amide bonds. The van der Waals surface area contributed by atoms with Crippen LogP contribution in [0.5, 0.6) is 0 Å². The molecule has 14 nitrogen and oxygen atoms in total. The maximum absolute atomic E-state index is 12.4. The van der Waals surface area contributed by atoms with Crippen molar-refractivity contribution < 1.29 is 49.2 Å². The third-order valence-corrected chi connectivity index (χ3v) is 3.49. The van der Waals surface area contributed by atoms with Crippen molar-refractivity contribution in [1.82, 2.24) is 16.0 Å². The zero-order valence-corrected chi connectivity index (χ0v) is 15.5. The molecule has 29 heavy (non-hydrogen) atoms. The van der Waals surface area contributed by atoms with Gasteiger partial charge in [0.2, 0.25) is 17.7 Å². The molecule has 0 aromatic heterocycles. The zero-order valence-electron chi connectivity index (χ0n) is 15.5. The predicted molar refractivity (Wildman–Crippen MR) is 93.3 cm³/mol. The van der Waals surface area contributed by atoms with Gasteiger partial charge in [-0.2, -0.15) is 0 Å². The quantitative estimate of drug-likeness (QED) is 0.143. The fraction of sp³-hybridized carbons (Fsp3) is 0.600. The number of nitrogens with one attached hydrogen (secondary N) is 3. The molecule has 0 rings (SSSR count). The number of nitrogens with two attached hydrogens (primary N) is 1. The van der Waals surface area contributed by atoms with Crippen LogP contribution in [0.1, 0.15) is 26.2 Å². The number of aliphatic hydroxyl groups excluding tert-OH is 1. The van der Waals surface area contributed by atoms with E-state index in [0.717, 1.165) is 6.92 Å². The molecule has 0 aromatic rings. The number of carbonyl (C=O) groups excluding carboxylic acids is 3. The summed E-state index contributed by atoms with van der Waals surface area (Å²) in [6.07, 6.45) is -3.16. The highest BCUT2D eigenvalue weighted by molar-refractivity contribution is 5.94. The van der Waals surface area contributed by atoms with E-state index in [0.29, 0.717) is 0 Å².